The number of ether oxygens (including phenoxy) is 6. The number of nitrogens with zero attached hydrogens (tertiary/aromatic N) is 1. The zero-order chi connectivity index (χ0) is 37.5. The number of alkyl halides is 11. The average Bonchev–Trinajstić information content (AvgIpc) is 3.34. The van der Waals surface area contributed by atoms with Gasteiger partial charge in [0.2, 0.25) is 0 Å². The molecule has 0 bridgehead atoms. The molecule has 0 aliphatic carbocycles. The third-order valence-corrected chi connectivity index (χ3v) is 6.54. The molecule has 19 heteroatoms. The number of fused-ring (bicyclic) bond motifs is 1. The first-order valence-corrected chi connectivity index (χ1v) is 14.6. The number of rotatable bonds is 19. The summed E-state index contributed by atoms with van der Waals surface area (Å²) < 4.78 is 173. The van der Waals surface area contributed by atoms with Gasteiger partial charge < -0.3 is 18.8 Å². The molecule has 0 radical (unpaired) electrons. The van der Waals surface area contributed by atoms with Crippen molar-refractivity contribution in [1.82, 2.24) is 4.57 Å². The Labute approximate surface area is 277 Å². The van der Waals surface area contributed by atoms with Crippen LogP contribution < -0.4 is 9.47 Å². The summed E-state index contributed by atoms with van der Waals surface area (Å²) >= 11 is 0. The van der Waals surface area contributed by atoms with Crippen LogP contribution in [0.4, 0.5) is 48.3 Å². The van der Waals surface area contributed by atoms with E-state index < -0.39 is 61.9 Å². The fraction of sp³-hybridized carbons (Fsp3) is 0.452. The summed E-state index contributed by atoms with van der Waals surface area (Å²) in [6.45, 7) is 2.35. The SMILES string of the molecule is C=CC(=O)OCC(F)(F)OC(F)(F)OC(F)(F)OC(F)(F)COc1ccc2cc(-c3ccc(CCCCC)cc3OC(F)(F)F)n(CC)c2c1. The lowest BCUT2D eigenvalue weighted by molar-refractivity contribution is -0.574. The Bertz CT molecular complexity index is 1620. The second-order valence-corrected chi connectivity index (χ2v) is 10.4. The smallest absolute Gasteiger partial charge is 0.484 e. The molecular formula is C31H30F11NO7. The first-order valence-electron chi connectivity index (χ1n) is 14.6. The van der Waals surface area contributed by atoms with E-state index in [0.717, 1.165) is 31.4 Å². The van der Waals surface area contributed by atoms with Crippen molar-refractivity contribution in [2.45, 2.75) is 77.2 Å². The van der Waals surface area contributed by atoms with Crippen molar-refractivity contribution < 1.29 is 81.5 Å². The molecule has 0 aliphatic rings. The Kier molecular flexibility index (Phi) is 12.8. The summed E-state index contributed by atoms with van der Waals surface area (Å²) in [5, 5.41) is 0.403. The molecule has 1 aromatic heterocycles. The Morgan fingerprint density at radius 1 is 0.800 bits per heavy atom. The third-order valence-electron chi connectivity index (χ3n) is 6.54. The Balaban J connectivity index is 1.78. The number of unbranched alkanes of at least 4 members (excludes halogenated alkanes) is 2. The van der Waals surface area contributed by atoms with E-state index in [1.807, 2.05) is 6.92 Å². The molecule has 1 heterocycles. The number of benzene rings is 2. The van der Waals surface area contributed by atoms with Crippen LogP contribution in [0.15, 0.2) is 55.1 Å². The molecule has 0 saturated heterocycles. The molecule has 0 spiro atoms. The lowest BCUT2D eigenvalue weighted by Gasteiger charge is -2.27. The monoisotopic (exact) mass is 737 g/mol. The first-order chi connectivity index (χ1) is 23.1. The zero-order valence-electron chi connectivity index (χ0n) is 26.2. The summed E-state index contributed by atoms with van der Waals surface area (Å²) in [6, 6.07) is 9.46. The van der Waals surface area contributed by atoms with Crippen molar-refractivity contribution >= 4 is 16.9 Å². The summed E-state index contributed by atoms with van der Waals surface area (Å²) in [4.78, 5) is 10.8. The van der Waals surface area contributed by atoms with Crippen LogP contribution in [0.25, 0.3) is 22.2 Å². The van der Waals surface area contributed by atoms with Crippen LogP contribution in [0.3, 0.4) is 0 Å². The average molecular weight is 738 g/mol. The van der Waals surface area contributed by atoms with Crippen LogP contribution in [0.2, 0.25) is 0 Å². The highest BCUT2D eigenvalue weighted by Gasteiger charge is 2.57. The van der Waals surface area contributed by atoms with Crippen LogP contribution in [0.5, 0.6) is 11.5 Å². The van der Waals surface area contributed by atoms with Crippen LogP contribution in [0, 0.1) is 0 Å². The maximum Gasteiger partial charge on any atom is 0.573 e. The van der Waals surface area contributed by atoms with Gasteiger partial charge in [0.25, 0.3) is 0 Å². The van der Waals surface area contributed by atoms with Crippen molar-refractivity contribution in [2.24, 2.45) is 0 Å². The normalized spacial score (nSPS) is 13.1. The number of hydrogen-bond acceptors (Lipinski definition) is 7. The molecule has 0 atom stereocenters. The van der Waals surface area contributed by atoms with Crippen LogP contribution in [0.1, 0.15) is 38.7 Å². The molecule has 0 saturated carbocycles. The van der Waals surface area contributed by atoms with Gasteiger partial charge >= 0.3 is 37.1 Å². The number of hydrogen-bond donors (Lipinski definition) is 0. The molecule has 50 heavy (non-hydrogen) atoms. The van der Waals surface area contributed by atoms with Gasteiger partial charge in [0.15, 0.2) is 13.2 Å². The van der Waals surface area contributed by atoms with Gasteiger partial charge in [-0.1, -0.05) is 32.4 Å². The molecule has 0 unspecified atom stereocenters. The lowest BCUT2D eigenvalue weighted by Crippen LogP contribution is -2.46. The number of esters is 1. The Morgan fingerprint density at radius 2 is 1.44 bits per heavy atom. The summed E-state index contributed by atoms with van der Waals surface area (Å²) in [5.41, 5.74) is 1.16. The van der Waals surface area contributed by atoms with Crippen molar-refractivity contribution in [3.8, 4) is 22.8 Å². The summed E-state index contributed by atoms with van der Waals surface area (Å²) in [6.07, 6.45) is -23.7. The molecular weight excluding hydrogens is 707 g/mol. The number of halogens is 11. The van der Waals surface area contributed by atoms with E-state index in [-0.39, 0.29) is 23.3 Å². The molecule has 3 rings (SSSR count). The van der Waals surface area contributed by atoms with Crippen molar-refractivity contribution in [3.05, 3.63) is 60.7 Å². The standard InChI is InChI=1S/C31H30F11NO7/c1-4-7-8-9-19-10-13-22(25(14-19)47-29(36,37)38)24-15-20-11-12-21(16-23(20)43(24)6-3)45-17-27(32,33)48-30(39,40)50-31(41,42)49-28(34,35)18-46-26(44)5-2/h5,10-16H,2,4,6-9,17-18H2,1,3H3. The fourth-order valence-corrected chi connectivity index (χ4v) is 4.58. The fourth-order valence-electron chi connectivity index (χ4n) is 4.58. The van der Waals surface area contributed by atoms with Crippen LogP contribution >= 0.6 is 0 Å². The molecule has 0 fully saturated rings. The molecule has 2 aromatic carbocycles. The maximum atomic E-state index is 14.2. The highest BCUT2D eigenvalue weighted by atomic mass is 19.4. The summed E-state index contributed by atoms with van der Waals surface area (Å²) in [5.74, 6) is -2.39. The highest BCUT2D eigenvalue weighted by molar-refractivity contribution is 5.89. The van der Waals surface area contributed by atoms with Gasteiger partial charge in [-0.2, -0.15) is 17.6 Å². The van der Waals surface area contributed by atoms with Gasteiger partial charge in [-0.3, -0.25) is 0 Å². The Morgan fingerprint density at radius 3 is 2.02 bits per heavy atom. The number of aryl methyl sites for hydroxylation is 2. The van der Waals surface area contributed by atoms with E-state index >= 15 is 0 Å². The molecule has 0 N–H and O–H groups in total. The molecule has 3 aromatic rings. The second-order valence-electron chi connectivity index (χ2n) is 10.4. The van der Waals surface area contributed by atoms with E-state index in [9.17, 15) is 53.1 Å². The van der Waals surface area contributed by atoms with Gasteiger partial charge in [0.05, 0.1) is 11.2 Å². The number of carbonyl (C=O) groups is 1. The van der Waals surface area contributed by atoms with Gasteiger partial charge in [-0.15, -0.1) is 30.7 Å². The van der Waals surface area contributed by atoms with E-state index in [1.165, 1.54) is 28.8 Å². The lowest BCUT2D eigenvalue weighted by atomic mass is 10.0. The highest BCUT2D eigenvalue weighted by Crippen LogP contribution is 2.40. The van der Waals surface area contributed by atoms with E-state index in [1.54, 1.807) is 13.0 Å². The quantitative estimate of drug-likeness (QED) is 0.0399. The predicted molar refractivity (Wildman–Crippen MR) is 153 cm³/mol. The first kappa shape index (κ1) is 40.3. The van der Waals surface area contributed by atoms with E-state index in [0.29, 0.717) is 23.4 Å². The second kappa shape index (κ2) is 15.8. The van der Waals surface area contributed by atoms with Crippen LogP contribution in [-0.4, -0.2) is 54.9 Å². The largest absolute Gasteiger partial charge is 0.573 e. The van der Waals surface area contributed by atoms with Crippen molar-refractivity contribution in [3.63, 3.8) is 0 Å². The van der Waals surface area contributed by atoms with Crippen molar-refractivity contribution in [2.75, 3.05) is 13.2 Å². The number of aromatic nitrogens is 1. The molecule has 8 nitrogen and oxygen atoms in total. The zero-order valence-corrected chi connectivity index (χ0v) is 26.2. The topological polar surface area (TPSA) is 77.4 Å². The molecule has 0 amide bonds. The predicted octanol–water partition coefficient (Wildman–Crippen LogP) is 9.40. The molecule has 0 aliphatic heterocycles. The van der Waals surface area contributed by atoms with Crippen molar-refractivity contribution in [1.29, 1.82) is 0 Å². The minimum Gasteiger partial charge on any atom is -0.484 e. The maximum absolute atomic E-state index is 14.2. The summed E-state index contributed by atoms with van der Waals surface area (Å²) in [7, 11) is 0. The van der Waals surface area contributed by atoms with E-state index in [4.69, 9.17) is 4.74 Å². The third kappa shape index (κ3) is 12.0. The molecule has 278 valence electrons. The minimum atomic E-state index is -5.95. The van der Waals surface area contributed by atoms with Gasteiger partial charge in [-0.05, 0) is 55.7 Å². The minimum absolute atomic E-state index is 0.0561. The van der Waals surface area contributed by atoms with Gasteiger partial charge in [0.1, 0.15) is 11.5 Å². The van der Waals surface area contributed by atoms with Gasteiger partial charge in [-0.25, -0.2) is 19.0 Å². The van der Waals surface area contributed by atoms with E-state index in [2.05, 4.69) is 30.3 Å². The van der Waals surface area contributed by atoms with Gasteiger partial charge in [0, 0.05) is 29.6 Å². The van der Waals surface area contributed by atoms with Crippen LogP contribution in [-0.2, 0) is 36.7 Å². The Hall–Kier alpha value is -4.10. The number of carbonyl (C=O) groups excluding carboxylic acids is 1.